The second-order valence-electron chi connectivity index (χ2n) is 2.86. The minimum atomic E-state index is -0.175. The molecule has 0 aliphatic carbocycles. The zero-order chi connectivity index (χ0) is 10.1. The Morgan fingerprint density at radius 1 is 1.54 bits per heavy atom. The molecule has 1 unspecified atom stereocenters. The van der Waals surface area contributed by atoms with E-state index in [4.69, 9.17) is 9.47 Å². The molecule has 0 aliphatic heterocycles. The molecule has 0 saturated carbocycles. The van der Waals surface area contributed by atoms with Crippen LogP contribution in [0.15, 0.2) is 0 Å². The predicted octanol–water partition coefficient (Wildman–Crippen LogP) is 0.564. The van der Waals surface area contributed by atoms with Crippen molar-refractivity contribution in [3.05, 3.63) is 0 Å². The number of esters is 1. The highest BCUT2D eigenvalue weighted by molar-refractivity contribution is 5.69. The molecule has 0 radical (unpaired) electrons. The number of methoxy groups -OCH3 is 1. The van der Waals surface area contributed by atoms with Gasteiger partial charge in [-0.2, -0.15) is 0 Å². The Labute approximate surface area is 79.6 Å². The minimum Gasteiger partial charge on any atom is -0.460 e. The maximum Gasteiger partial charge on any atom is 0.307 e. The van der Waals surface area contributed by atoms with E-state index in [-0.39, 0.29) is 12.1 Å². The molecule has 0 fully saturated rings. The Bertz CT molecular complexity index is 139. The Morgan fingerprint density at radius 3 is 2.77 bits per heavy atom. The Balaban J connectivity index is 3.38. The molecular weight excluding hydrogens is 170 g/mol. The SMILES string of the molecule is CCNCCC(=O)OC(C)COC. The van der Waals surface area contributed by atoms with Crippen molar-refractivity contribution in [1.29, 1.82) is 0 Å². The molecule has 0 aromatic rings. The summed E-state index contributed by atoms with van der Waals surface area (Å²) in [4.78, 5) is 11.1. The second-order valence-corrected chi connectivity index (χ2v) is 2.86. The molecule has 4 heteroatoms. The Kier molecular flexibility index (Phi) is 7.63. The van der Waals surface area contributed by atoms with Crippen LogP contribution in [0.5, 0.6) is 0 Å². The molecular formula is C9H19NO3. The summed E-state index contributed by atoms with van der Waals surface area (Å²) in [6.45, 7) is 5.82. The number of carbonyl (C=O) groups excluding carboxylic acids is 1. The van der Waals surface area contributed by atoms with Crippen LogP contribution in [-0.4, -0.2) is 38.9 Å². The van der Waals surface area contributed by atoms with Gasteiger partial charge >= 0.3 is 5.97 Å². The van der Waals surface area contributed by atoms with Crippen molar-refractivity contribution in [2.45, 2.75) is 26.4 Å². The van der Waals surface area contributed by atoms with Crippen LogP contribution in [0.1, 0.15) is 20.3 Å². The topological polar surface area (TPSA) is 47.6 Å². The zero-order valence-electron chi connectivity index (χ0n) is 8.63. The smallest absolute Gasteiger partial charge is 0.307 e. The fourth-order valence-corrected chi connectivity index (χ4v) is 0.919. The standard InChI is InChI=1S/C9H19NO3/c1-4-10-6-5-9(11)13-8(2)7-12-3/h8,10H,4-7H2,1-3H3. The molecule has 0 aliphatic rings. The maximum atomic E-state index is 11.1. The van der Waals surface area contributed by atoms with Gasteiger partial charge in [-0.05, 0) is 13.5 Å². The Morgan fingerprint density at radius 2 is 2.23 bits per heavy atom. The van der Waals surface area contributed by atoms with Crippen molar-refractivity contribution in [1.82, 2.24) is 5.32 Å². The van der Waals surface area contributed by atoms with E-state index in [1.807, 2.05) is 13.8 Å². The van der Waals surface area contributed by atoms with Gasteiger partial charge in [-0.15, -0.1) is 0 Å². The summed E-state index contributed by atoms with van der Waals surface area (Å²) in [7, 11) is 1.59. The van der Waals surface area contributed by atoms with Crippen LogP contribution < -0.4 is 5.32 Å². The van der Waals surface area contributed by atoms with E-state index < -0.39 is 0 Å². The highest BCUT2D eigenvalue weighted by Crippen LogP contribution is 1.94. The molecule has 0 heterocycles. The second kappa shape index (κ2) is 8.01. The molecule has 13 heavy (non-hydrogen) atoms. The normalized spacial score (nSPS) is 12.5. The van der Waals surface area contributed by atoms with Crippen LogP contribution in [0.3, 0.4) is 0 Å². The van der Waals surface area contributed by atoms with Gasteiger partial charge in [0.2, 0.25) is 0 Å². The largest absolute Gasteiger partial charge is 0.460 e. The van der Waals surface area contributed by atoms with Crippen molar-refractivity contribution in [2.75, 3.05) is 26.8 Å². The number of carbonyl (C=O) groups is 1. The van der Waals surface area contributed by atoms with Crippen molar-refractivity contribution in [2.24, 2.45) is 0 Å². The van der Waals surface area contributed by atoms with Gasteiger partial charge in [0, 0.05) is 13.7 Å². The first kappa shape index (κ1) is 12.4. The van der Waals surface area contributed by atoms with E-state index in [0.717, 1.165) is 6.54 Å². The van der Waals surface area contributed by atoms with Crippen molar-refractivity contribution in [3.63, 3.8) is 0 Å². The molecule has 78 valence electrons. The third-order valence-corrected chi connectivity index (χ3v) is 1.49. The number of hydrogen-bond donors (Lipinski definition) is 1. The predicted molar refractivity (Wildman–Crippen MR) is 50.6 cm³/mol. The molecule has 0 rings (SSSR count). The minimum absolute atomic E-state index is 0.154. The zero-order valence-corrected chi connectivity index (χ0v) is 8.63. The highest BCUT2D eigenvalue weighted by atomic mass is 16.6. The first-order chi connectivity index (χ1) is 6.20. The van der Waals surface area contributed by atoms with Gasteiger partial charge in [-0.3, -0.25) is 4.79 Å². The number of rotatable bonds is 7. The quantitative estimate of drug-likeness (QED) is 0.469. The maximum absolute atomic E-state index is 11.1. The van der Waals surface area contributed by atoms with Gasteiger partial charge in [0.15, 0.2) is 0 Å². The lowest BCUT2D eigenvalue weighted by Crippen LogP contribution is -2.23. The molecule has 0 aromatic heterocycles. The van der Waals surface area contributed by atoms with Crippen LogP contribution in [0.2, 0.25) is 0 Å². The first-order valence-corrected chi connectivity index (χ1v) is 4.59. The van der Waals surface area contributed by atoms with E-state index in [0.29, 0.717) is 19.6 Å². The fraction of sp³-hybridized carbons (Fsp3) is 0.889. The first-order valence-electron chi connectivity index (χ1n) is 4.59. The molecule has 1 atom stereocenters. The van der Waals surface area contributed by atoms with Crippen LogP contribution in [0.25, 0.3) is 0 Å². The van der Waals surface area contributed by atoms with E-state index >= 15 is 0 Å². The molecule has 4 nitrogen and oxygen atoms in total. The molecule has 0 spiro atoms. The van der Waals surface area contributed by atoms with Gasteiger partial charge in [0.25, 0.3) is 0 Å². The van der Waals surface area contributed by atoms with Crippen LogP contribution in [0.4, 0.5) is 0 Å². The van der Waals surface area contributed by atoms with Gasteiger partial charge < -0.3 is 14.8 Å². The van der Waals surface area contributed by atoms with Crippen molar-refractivity contribution >= 4 is 5.97 Å². The van der Waals surface area contributed by atoms with E-state index in [9.17, 15) is 4.79 Å². The summed E-state index contributed by atoms with van der Waals surface area (Å²) in [5, 5.41) is 3.05. The van der Waals surface area contributed by atoms with Gasteiger partial charge in [0.05, 0.1) is 13.0 Å². The number of ether oxygens (including phenoxy) is 2. The lowest BCUT2D eigenvalue weighted by molar-refractivity contribution is -0.150. The van der Waals surface area contributed by atoms with E-state index in [1.54, 1.807) is 7.11 Å². The van der Waals surface area contributed by atoms with Crippen LogP contribution in [0, 0.1) is 0 Å². The summed E-state index contributed by atoms with van der Waals surface area (Å²) < 4.78 is 9.87. The molecule has 1 N–H and O–H groups in total. The summed E-state index contributed by atoms with van der Waals surface area (Å²) in [6.07, 6.45) is 0.265. The lowest BCUT2D eigenvalue weighted by atomic mass is 10.4. The summed E-state index contributed by atoms with van der Waals surface area (Å²) in [6, 6.07) is 0. The third kappa shape index (κ3) is 7.74. The fourth-order valence-electron chi connectivity index (χ4n) is 0.919. The van der Waals surface area contributed by atoms with Crippen LogP contribution in [-0.2, 0) is 14.3 Å². The average Bonchev–Trinajstić information content (AvgIpc) is 2.05. The molecule has 0 bridgehead atoms. The summed E-state index contributed by atoms with van der Waals surface area (Å²) >= 11 is 0. The molecule has 0 aromatic carbocycles. The van der Waals surface area contributed by atoms with Crippen LogP contribution >= 0.6 is 0 Å². The van der Waals surface area contributed by atoms with E-state index in [1.165, 1.54) is 0 Å². The third-order valence-electron chi connectivity index (χ3n) is 1.49. The number of nitrogens with one attached hydrogen (secondary N) is 1. The molecule has 0 saturated heterocycles. The van der Waals surface area contributed by atoms with Crippen molar-refractivity contribution < 1.29 is 14.3 Å². The van der Waals surface area contributed by atoms with Gasteiger partial charge in [-0.1, -0.05) is 6.92 Å². The summed E-state index contributed by atoms with van der Waals surface area (Å²) in [5.74, 6) is -0.175. The van der Waals surface area contributed by atoms with Gasteiger partial charge in [0.1, 0.15) is 6.10 Å². The number of hydrogen-bond acceptors (Lipinski definition) is 4. The summed E-state index contributed by atoms with van der Waals surface area (Å²) in [5.41, 5.74) is 0. The van der Waals surface area contributed by atoms with E-state index in [2.05, 4.69) is 5.32 Å². The Hall–Kier alpha value is -0.610. The highest BCUT2D eigenvalue weighted by Gasteiger charge is 2.07. The average molecular weight is 189 g/mol. The van der Waals surface area contributed by atoms with Gasteiger partial charge in [-0.25, -0.2) is 0 Å². The lowest BCUT2D eigenvalue weighted by Gasteiger charge is -2.11. The molecule has 0 amide bonds. The van der Waals surface area contributed by atoms with Crippen molar-refractivity contribution in [3.8, 4) is 0 Å². The monoisotopic (exact) mass is 189 g/mol.